The lowest BCUT2D eigenvalue weighted by Gasteiger charge is -1.95. The first-order valence-corrected chi connectivity index (χ1v) is 3.85. The predicted molar refractivity (Wildman–Crippen MR) is 46.9 cm³/mol. The molecule has 0 spiro atoms. The Morgan fingerprint density at radius 3 is 3.08 bits per heavy atom. The first kappa shape index (κ1) is 7.79. The van der Waals surface area contributed by atoms with Crippen LogP contribution in [0, 0.1) is 6.92 Å². The van der Waals surface area contributed by atoms with E-state index in [1.165, 1.54) is 6.33 Å². The summed E-state index contributed by atoms with van der Waals surface area (Å²) >= 11 is 0. The van der Waals surface area contributed by atoms with Gasteiger partial charge < -0.3 is 9.51 Å². The van der Waals surface area contributed by atoms with Crippen molar-refractivity contribution in [3.05, 3.63) is 35.9 Å². The van der Waals surface area contributed by atoms with Gasteiger partial charge in [-0.25, -0.2) is 9.78 Å². The van der Waals surface area contributed by atoms with Crippen LogP contribution in [-0.4, -0.2) is 20.5 Å². The fraction of sp³-hybridized carbons (Fsp3) is 0.111. The fourth-order valence-electron chi connectivity index (χ4n) is 1.26. The van der Waals surface area contributed by atoms with Gasteiger partial charge in [0.05, 0.1) is 5.52 Å². The van der Waals surface area contributed by atoms with Crippen LogP contribution in [0.25, 0.3) is 5.52 Å². The van der Waals surface area contributed by atoms with Crippen molar-refractivity contribution in [1.29, 1.82) is 0 Å². The molecular weight excluding hydrogens is 168 g/mol. The van der Waals surface area contributed by atoms with Crippen LogP contribution >= 0.6 is 0 Å². The van der Waals surface area contributed by atoms with Crippen LogP contribution in [0.2, 0.25) is 0 Å². The lowest BCUT2D eigenvalue weighted by molar-refractivity contribution is 0.0693. The minimum absolute atomic E-state index is 0.101. The van der Waals surface area contributed by atoms with Crippen molar-refractivity contribution in [2.75, 3.05) is 0 Å². The van der Waals surface area contributed by atoms with E-state index in [-0.39, 0.29) is 5.69 Å². The van der Waals surface area contributed by atoms with Gasteiger partial charge in [-0.1, -0.05) is 0 Å². The Labute approximate surface area is 74.5 Å². The number of aromatic nitrogens is 2. The van der Waals surface area contributed by atoms with Crippen LogP contribution in [0.15, 0.2) is 24.7 Å². The molecule has 0 aliphatic carbocycles. The molecule has 0 atom stereocenters. The molecule has 0 bridgehead atoms. The molecule has 1 N–H and O–H groups in total. The fourth-order valence-corrected chi connectivity index (χ4v) is 1.26. The topological polar surface area (TPSA) is 54.6 Å². The highest BCUT2D eigenvalue weighted by molar-refractivity contribution is 5.93. The van der Waals surface area contributed by atoms with Crippen LogP contribution in [0.1, 0.15) is 16.1 Å². The summed E-state index contributed by atoms with van der Waals surface area (Å²) in [7, 11) is 0. The molecule has 0 fully saturated rings. The van der Waals surface area contributed by atoms with Crippen molar-refractivity contribution in [3.63, 3.8) is 0 Å². The Balaban J connectivity index is 2.79. The smallest absolute Gasteiger partial charge is 0.356 e. The number of pyridine rings is 1. The number of carboxylic acid groups (broad SMARTS) is 1. The molecular formula is C9H8N2O2. The van der Waals surface area contributed by atoms with E-state index < -0.39 is 5.97 Å². The molecule has 0 aliphatic rings. The minimum Gasteiger partial charge on any atom is -0.476 e. The lowest BCUT2D eigenvalue weighted by Crippen LogP contribution is -1.97. The van der Waals surface area contributed by atoms with Crippen molar-refractivity contribution in [1.82, 2.24) is 9.38 Å². The molecule has 0 amide bonds. The number of aryl methyl sites for hydroxylation is 1. The summed E-state index contributed by atoms with van der Waals surface area (Å²) in [6.07, 6.45) is 3.29. The number of rotatable bonds is 1. The number of hydrogen-bond acceptors (Lipinski definition) is 2. The maximum atomic E-state index is 10.7. The molecule has 0 aromatic carbocycles. The van der Waals surface area contributed by atoms with Gasteiger partial charge in [0.25, 0.3) is 0 Å². The van der Waals surface area contributed by atoms with Gasteiger partial charge in [0.2, 0.25) is 0 Å². The zero-order valence-electron chi connectivity index (χ0n) is 7.06. The molecule has 13 heavy (non-hydrogen) atoms. The van der Waals surface area contributed by atoms with Crippen LogP contribution in [-0.2, 0) is 0 Å². The Bertz CT molecular complexity index is 473. The third-order valence-electron chi connectivity index (χ3n) is 1.90. The minimum atomic E-state index is -0.992. The number of fused-ring (bicyclic) bond motifs is 1. The monoisotopic (exact) mass is 176 g/mol. The van der Waals surface area contributed by atoms with E-state index in [0.29, 0.717) is 5.52 Å². The molecule has 66 valence electrons. The highest BCUT2D eigenvalue weighted by atomic mass is 16.4. The molecule has 0 unspecified atom stereocenters. The van der Waals surface area contributed by atoms with Gasteiger partial charge in [0, 0.05) is 6.20 Å². The van der Waals surface area contributed by atoms with Crippen LogP contribution in [0.5, 0.6) is 0 Å². The summed E-state index contributed by atoms with van der Waals surface area (Å²) in [4.78, 5) is 14.5. The van der Waals surface area contributed by atoms with Crippen molar-refractivity contribution < 1.29 is 9.90 Å². The van der Waals surface area contributed by atoms with E-state index in [1.54, 1.807) is 16.7 Å². The van der Waals surface area contributed by atoms with E-state index in [9.17, 15) is 4.79 Å². The summed E-state index contributed by atoms with van der Waals surface area (Å²) in [5.41, 5.74) is 1.76. The second-order valence-electron chi connectivity index (χ2n) is 2.89. The van der Waals surface area contributed by atoms with Gasteiger partial charge in [0.15, 0.2) is 5.69 Å². The number of hydrogen-bond donors (Lipinski definition) is 1. The molecule has 2 rings (SSSR count). The average Bonchev–Trinajstić information content (AvgIpc) is 2.46. The summed E-state index contributed by atoms with van der Waals surface area (Å²) in [6, 6.07) is 3.71. The molecule has 2 aromatic rings. The maximum Gasteiger partial charge on any atom is 0.356 e. The normalized spacial score (nSPS) is 10.5. The molecule has 2 aromatic heterocycles. The largest absolute Gasteiger partial charge is 0.476 e. The summed E-state index contributed by atoms with van der Waals surface area (Å²) < 4.78 is 1.69. The third kappa shape index (κ3) is 1.16. The number of carbonyl (C=O) groups is 1. The van der Waals surface area contributed by atoms with E-state index in [4.69, 9.17) is 5.11 Å². The van der Waals surface area contributed by atoms with Crippen molar-refractivity contribution in [3.8, 4) is 0 Å². The van der Waals surface area contributed by atoms with E-state index in [0.717, 1.165) is 5.56 Å². The van der Waals surface area contributed by atoms with Gasteiger partial charge in [-0.2, -0.15) is 0 Å². The van der Waals surface area contributed by atoms with E-state index in [2.05, 4.69) is 4.98 Å². The first-order valence-electron chi connectivity index (χ1n) is 3.85. The van der Waals surface area contributed by atoms with Gasteiger partial charge in [0.1, 0.15) is 6.33 Å². The summed E-state index contributed by atoms with van der Waals surface area (Å²) in [5, 5.41) is 8.79. The van der Waals surface area contributed by atoms with E-state index in [1.807, 2.05) is 13.0 Å². The highest BCUT2D eigenvalue weighted by Gasteiger charge is 2.10. The standard InChI is InChI=1S/C9H8N2O2/c1-6-2-3-11-5-10-8(9(12)13)7(11)4-6/h2-5H,1H3,(H,12,13). The molecule has 4 nitrogen and oxygen atoms in total. The molecule has 2 heterocycles. The average molecular weight is 176 g/mol. The van der Waals surface area contributed by atoms with Crippen molar-refractivity contribution in [2.24, 2.45) is 0 Å². The van der Waals surface area contributed by atoms with Crippen LogP contribution in [0.3, 0.4) is 0 Å². The SMILES string of the molecule is Cc1ccn2cnc(C(=O)O)c2c1. The molecule has 0 aliphatic heterocycles. The number of imidazole rings is 1. The van der Waals surface area contributed by atoms with Gasteiger partial charge in [-0.15, -0.1) is 0 Å². The van der Waals surface area contributed by atoms with E-state index >= 15 is 0 Å². The van der Waals surface area contributed by atoms with Gasteiger partial charge in [-0.3, -0.25) is 0 Å². The molecule has 0 radical (unpaired) electrons. The second-order valence-corrected chi connectivity index (χ2v) is 2.89. The van der Waals surface area contributed by atoms with Gasteiger partial charge in [-0.05, 0) is 24.6 Å². The zero-order chi connectivity index (χ0) is 9.42. The van der Waals surface area contributed by atoms with Crippen molar-refractivity contribution >= 4 is 11.5 Å². The second kappa shape index (κ2) is 2.58. The number of carboxylic acids is 1. The third-order valence-corrected chi connectivity index (χ3v) is 1.90. The Hall–Kier alpha value is -1.84. The Morgan fingerprint density at radius 1 is 1.62 bits per heavy atom. The summed E-state index contributed by atoms with van der Waals surface area (Å²) in [6.45, 7) is 1.92. The van der Waals surface area contributed by atoms with Crippen molar-refractivity contribution in [2.45, 2.75) is 6.92 Å². The predicted octanol–water partition coefficient (Wildman–Crippen LogP) is 1.34. The molecule has 4 heteroatoms. The first-order chi connectivity index (χ1) is 6.18. The molecule has 0 saturated carbocycles. The number of nitrogens with zero attached hydrogens (tertiary/aromatic N) is 2. The van der Waals surface area contributed by atoms with Crippen LogP contribution in [0.4, 0.5) is 0 Å². The van der Waals surface area contributed by atoms with Crippen LogP contribution < -0.4 is 0 Å². The summed E-state index contributed by atoms with van der Waals surface area (Å²) in [5.74, 6) is -0.992. The Kier molecular flexibility index (Phi) is 1.55. The lowest BCUT2D eigenvalue weighted by atomic mass is 10.2. The van der Waals surface area contributed by atoms with Gasteiger partial charge >= 0.3 is 5.97 Å². The number of aromatic carboxylic acids is 1. The Morgan fingerprint density at radius 2 is 2.38 bits per heavy atom. The highest BCUT2D eigenvalue weighted by Crippen LogP contribution is 2.11. The molecule has 0 saturated heterocycles. The zero-order valence-corrected chi connectivity index (χ0v) is 7.06. The quantitative estimate of drug-likeness (QED) is 0.713. The maximum absolute atomic E-state index is 10.7.